The number of nitro benzene ring substituents is 1. The zero-order valence-electron chi connectivity index (χ0n) is 15.3. The third kappa shape index (κ3) is 4.02. The molecule has 1 aliphatic rings. The number of piperazine rings is 1. The molecule has 0 unspecified atom stereocenters. The van der Waals surface area contributed by atoms with Crippen LogP contribution in [0.1, 0.15) is 5.56 Å². The molecular formula is C19H18F3N5O2. The number of non-ortho nitro benzene ring substituents is 1. The molecule has 3 aromatic rings. The van der Waals surface area contributed by atoms with E-state index in [1.54, 1.807) is 23.0 Å². The summed E-state index contributed by atoms with van der Waals surface area (Å²) in [5.41, 5.74) is 0.744. The van der Waals surface area contributed by atoms with Gasteiger partial charge in [-0.05, 0) is 24.3 Å². The van der Waals surface area contributed by atoms with Crippen LogP contribution in [0.4, 0.5) is 24.5 Å². The van der Waals surface area contributed by atoms with Gasteiger partial charge in [-0.15, -0.1) is 0 Å². The van der Waals surface area contributed by atoms with Crippen LogP contribution in [0.5, 0.6) is 0 Å². The summed E-state index contributed by atoms with van der Waals surface area (Å²) >= 11 is 0. The number of nitrogens with zero attached hydrogens (tertiary/aromatic N) is 5. The predicted molar refractivity (Wildman–Crippen MR) is 102 cm³/mol. The number of anilines is 1. The Morgan fingerprint density at radius 1 is 1.07 bits per heavy atom. The first-order chi connectivity index (χ1) is 13.8. The molecular weight excluding hydrogens is 387 g/mol. The van der Waals surface area contributed by atoms with Crippen LogP contribution in [0.2, 0.25) is 0 Å². The second kappa shape index (κ2) is 7.36. The van der Waals surface area contributed by atoms with Crippen LogP contribution < -0.4 is 4.90 Å². The van der Waals surface area contributed by atoms with Crippen LogP contribution in [-0.2, 0) is 12.8 Å². The maximum absolute atomic E-state index is 12.9. The van der Waals surface area contributed by atoms with Crippen molar-refractivity contribution in [3.05, 3.63) is 64.3 Å². The van der Waals surface area contributed by atoms with E-state index >= 15 is 0 Å². The van der Waals surface area contributed by atoms with Crippen molar-refractivity contribution < 1.29 is 18.1 Å². The van der Waals surface area contributed by atoms with Crippen molar-refractivity contribution >= 4 is 22.3 Å². The number of hydrogen-bond acceptors (Lipinski definition) is 5. The Morgan fingerprint density at radius 2 is 1.83 bits per heavy atom. The molecule has 0 atom stereocenters. The van der Waals surface area contributed by atoms with Crippen molar-refractivity contribution in [3.8, 4) is 0 Å². The number of nitro groups is 1. The number of fused-ring (bicyclic) bond motifs is 1. The summed E-state index contributed by atoms with van der Waals surface area (Å²) in [5, 5.41) is 15.9. The lowest BCUT2D eigenvalue weighted by Gasteiger charge is -2.36. The molecule has 0 radical (unpaired) electrons. The Balaban J connectivity index is 1.42. The minimum absolute atomic E-state index is 0.0201. The predicted octanol–water partition coefficient (Wildman–Crippen LogP) is 3.74. The van der Waals surface area contributed by atoms with Crippen molar-refractivity contribution in [1.29, 1.82) is 0 Å². The number of halogens is 3. The van der Waals surface area contributed by atoms with Crippen LogP contribution in [0.3, 0.4) is 0 Å². The first-order valence-electron chi connectivity index (χ1n) is 9.06. The van der Waals surface area contributed by atoms with Crippen LogP contribution in [0.25, 0.3) is 10.9 Å². The first kappa shape index (κ1) is 19.2. The Kier molecular flexibility index (Phi) is 4.87. The van der Waals surface area contributed by atoms with Crippen LogP contribution >= 0.6 is 0 Å². The molecule has 1 fully saturated rings. The summed E-state index contributed by atoms with van der Waals surface area (Å²) in [7, 11) is 0. The number of hydrogen-bond donors (Lipinski definition) is 0. The normalized spacial score (nSPS) is 15.8. The van der Waals surface area contributed by atoms with Gasteiger partial charge in [-0.3, -0.25) is 19.7 Å². The van der Waals surface area contributed by atoms with Gasteiger partial charge in [-0.25, -0.2) is 0 Å². The summed E-state index contributed by atoms with van der Waals surface area (Å²) in [4.78, 5) is 14.5. The quantitative estimate of drug-likeness (QED) is 0.489. The second-order valence-electron chi connectivity index (χ2n) is 6.94. The molecule has 7 nitrogen and oxygen atoms in total. The third-order valence-corrected chi connectivity index (χ3v) is 5.08. The molecule has 0 N–H and O–H groups in total. The van der Waals surface area contributed by atoms with E-state index < -0.39 is 16.7 Å². The molecule has 1 aliphatic heterocycles. The van der Waals surface area contributed by atoms with Crippen LogP contribution in [0, 0.1) is 10.1 Å². The molecule has 0 saturated carbocycles. The Hall–Kier alpha value is -3.14. The van der Waals surface area contributed by atoms with Gasteiger partial charge in [0.25, 0.3) is 5.69 Å². The van der Waals surface area contributed by atoms with E-state index in [1.165, 1.54) is 24.3 Å². The van der Waals surface area contributed by atoms with Crippen molar-refractivity contribution in [2.45, 2.75) is 12.8 Å². The molecule has 29 heavy (non-hydrogen) atoms. The van der Waals surface area contributed by atoms with E-state index in [2.05, 4.69) is 10.00 Å². The zero-order chi connectivity index (χ0) is 20.6. The third-order valence-electron chi connectivity index (χ3n) is 5.08. The Morgan fingerprint density at radius 3 is 2.52 bits per heavy atom. The molecule has 0 amide bonds. The fourth-order valence-electron chi connectivity index (χ4n) is 3.52. The lowest BCUT2D eigenvalue weighted by atomic mass is 10.1. The summed E-state index contributed by atoms with van der Waals surface area (Å²) in [5.74, 6) is 0. The lowest BCUT2D eigenvalue weighted by Crippen LogP contribution is -2.47. The average Bonchev–Trinajstić information content (AvgIpc) is 3.10. The molecule has 0 aliphatic carbocycles. The SMILES string of the molecule is O=[N+]([O-])c1ccc2c(cnn2CN2CCN(c3cccc(C(F)(F)F)c3)CC2)c1. The smallest absolute Gasteiger partial charge is 0.369 e. The van der Waals surface area contributed by atoms with E-state index in [1.807, 2.05) is 4.90 Å². The number of rotatable bonds is 4. The van der Waals surface area contributed by atoms with Gasteiger partial charge in [0.1, 0.15) is 0 Å². The van der Waals surface area contributed by atoms with Crippen molar-refractivity contribution in [3.63, 3.8) is 0 Å². The van der Waals surface area contributed by atoms with E-state index in [-0.39, 0.29) is 5.69 Å². The van der Waals surface area contributed by atoms with E-state index in [0.29, 0.717) is 43.9 Å². The van der Waals surface area contributed by atoms with Gasteiger partial charge in [0.15, 0.2) is 0 Å². The van der Waals surface area contributed by atoms with Crippen molar-refractivity contribution in [2.24, 2.45) is 0 Å². The maximum Gasteiger partial charge on any atom is 0.416 e. The van der Waals surface area contributed by atoms with Crippen LogP contribution in [-0.4, -0.2) is 45.8 Å². The molecule has 0 spiro atoms. The monoisotopic (exact) mass is 405 g/mol. The number of alkyl halides is 3. The second-order valence-corrected chi connectivity index (χ2v) is 6.94. The summed E-state index contributed by atoms with van der Waals surface area (Å²) in [6.07, 6.45) is -2.75. The lowest BCUT2D eigenvalue weighted by molar-refractivity contribution is -0.384. The standard InChI is InChI=1S/C19H18F3N5O2/c20-19(21,22)15-2-1-3-16(11-15)25-8-6-24(7-9-25)13-26-18-5-4-17(27(28)29)10-14(18)12-23-26/h1-5,10-12H,6-9,13H2. The fraction of sp³-hybridized carbons (Fsp3) is 0.316. The molecule has 2 heterocycles. The first-order valence-corrected chi connectivity index (χ1v) is 9.06. The van der Waals surface area contributed by atoms with E-state index in [9.17, 15) is 23.3 Å². The van der Waals surface area contributed by atoms with Crippen molar-refractivity contribution in [2.75, 3.05) is 31.1 Å². The van der Waals surface area contributed by atoms with Gasteiger partial charge in [-0.1, -0.05) is 6.07 Å². The zero-order valence-corrected chi connectivity index (χ0v) is 15.3. The van der Waals surface area contributed by atoms with E-state index in [4.69, 9.17) is 0 Å². The summed E-state index contributed by atoms with van der Waals surface area (Å²) in [6.45, 7) is 3.06. The van der Waals surface area contributed by atoms with Gasteiger partial charge < -0.3 is 4.90 Å². The molecule has 1 aromatic heterocycles. The summed E-state index contributed by atoms with van der Waals surface area (Å²) < 4.78 is 40.6. The fourth-order valence-corrected chi connectivity index (χ4v) is 3.52. The number of benzene rings is 2. The molecule has 152 valence electrons. The van der Waals surface area contributed by atoms with Gasteiger partial charge in [0.05, 0.1) is 28.9 Å². The topological polar surface area (TPSA) is 67.4 Å². The largest absolute Gasteiger partial charge is 0.416 e. The van der Waals surface area contributed by atoms with E-state index in [0.717, 1.165) is 11.6 Å². The molecule has 1 saturated heterocycles. The maximum atomic E-state index is 12.9. The van der Waals surface area contributed by atoms with Gasteiger partial charge in [0.2, 0.25) is 0 Å². The minimum atomic E-state index is -4.35. The summed E-state index contributed by atoms with van der Waals surface area (Å²) in [6, 6.07) is 10.0. The van der Waals surface area contributed by atoms with Gasteiger partial charge >= 0.3 is 6.18 Å². The minimum Gasteiger partial charge on any atom is -0.369 e. The van der Waals surface area contributed by atoms with Crippen molar-refractivity contribution in [1.82, 2.24) is 14.7 Å². The Bertz CT molecular complexity index is 1040. The number of aromatic nitrogens is 2. The molecule has 2 aromatic carbocycles. The molecule has 4 rings (SSSR count). The highest BCUT2D eigenvalue weighted by Crippen LogP contribution is 2.32. The highest BCUT2D eigenvalue weighted by atomic mass is 19.4. The Labute approximate surface area is 164 Å². The highest BCUT2D eigenvalue weighted by Gasteiger charge is 2.31. The molecule has 10 heteroatoms. The van der Waals surface area contributed by atoms with Gasteiger partial charge in [0, 0.05) is 49.4 Å². The highest BCUT2D eigenvalue weighted by molar-refractivity contribution is 5.81. The van der Waals surface area contributed by atoms with Crippen LogP contribution in [0.15, 0.2) is 48.7 Å². The molecule has 0 bridgehead atoms. The van der Waals surface area contributed by atoms with Gasteiger partial charge in [-0.2, -0.15) is 18.3 Å². The average molecular weight is 405 g/mol.